The molecule has 0 atom stereocenters. The Morgan fingerprint density at radius 2 is 1.83 bits per heavy atom. The Kier molecular flexibility index (Phi) is 4.97. The van der Waals surface area contributed by atoms with E-state index in [9.17, 15) is 14.9 Å². The van der Waals surface area contributed by atoms with Gasteiger partial charge in [0.15, 0.2) is 5.58 Å². The lowest BCUT2D eigenvalue weighted by Gasteiger charge is -2.07. The molecule has 7 nitrogen and oxygen atoms in total. The number of halogens is 1. The lowest BCUT2D eigenvalue weighted by molar-refractivity contribution is -0.384. The highest BCUT2D eigenvalue weighted by Gasteiger charge is 2.16. The van der Waals surface area contributed by atoms with Gasteiger partial charge in [0.25, 0.3) is 11.6 Å². The number of carbonyl (C=O) groups excluding carboxylic acids is 1. The van der Waals surface area contributed by atoms with Crippen LogP contribution < -0.4 is 5.32 Å². The monoisotopic (exact) mass is 421 g/mol. The van der Waals surface area contributed by atoms with Crippen molar-refractivity contribution in [2.24, 2.45) is 0 Å². The first-order valence-electron chi connectivity index (χ1n) is 9.05. The van der Waals surface area contributed by atoms with Crippen molar-refractivity contribution in [3.8, 4) is 11.5 Å². The molecule has 4 aromatic rings. The normalized spacial score (nSPS) is 10.9. The van der Waals surface area contributed by atoms with Crippen LogP contribution in [-0.2, 0) is 0 Å². The third kappa shape index (κ3) is 3.75. The molecule has 0 fully saturated rings. The Morgan fingerprint density at radius 3 is 2.53 bits per heavy atom. The van der Waals surface area contributed by atoms with E-state index >= 15 is 0 Å². The fourth-order valence-corrected chi connectivity index (χ4v) is 3.39. The van der Waals surface area contributed by atoms with Crippen molar-refractivity contribution in [2.75, 3.05) is 5.32 Å². The topological polar surface area (TPSA) is 98.3 Å². The van der Waals surface area contributed by atoms with Crippen LogP contribution in [0.25, 0.3) is 22.6 Å². The maximum atomic E-state index is 12.5. The number of nitrogens with one attached hydrogen (secondary N) is 1. The molecule has 0 aliphatic rings. The number of rotatable bonds is 4. The number of aromatic nitrogens is 1. The third-order valence-corrected chi connectivity index (χ3v) is 4.94. The first-order valence-corrected chi connectivity index (χ1v) is 9.43. The van der Waals surface area contributed by atoms with Gasteiger partial charge in [-0.3, -0.25) is 14.9 Å². The zero-order valence-corrected chi connectivity index (χ0v) is 16.9. The van der Waals surface area contributed by atoms with Crippen LogP contribution in [0.5, 0.6) is 0 Å². The number of nitro groups is 1. The number of anilines is 1. The van der Waals surface area contributed by atoms with Gasteiger partial charge in [-0.1, -0.05) is 17.7 Å². The number of nitrogens with zero attached hydrogens (tertiary/aromatic N) is 2. The van der Waals surface area contributed by atoms with Crippen LogP contribution in [0.1, 0.15) is 21.5 Å². The van der Waals surface area contributed by atoms with E-state index in [-0.39, 0.29) is 5.69 Å². The summed E-state index contributed by atoms with van der Waals surface area (Å²) in [4.78, 5) is 27.3. The standard InChI is InChI=1S/C22H16ClN3O4/c1-12-9-13(2)20-19(10-12)25-22(30-20)17-11-15(5-8-18(17)23)24-21(27)14-3-6-16(7-4-14)26(28)29/h3-11H,1-2H3,(H,24,27). The second-order valence-corrected chi connectivity index (χ2v) is 7.31. The molecule has 0 unspecified atom stereocenters. The maximum Gasteiger partial charge on any atom is 0.269 e. The highest BCUT2D eigenvalue weighted by atomic mass is 35.5. The molecule has 0 bridgehead atoms. The number of fused-ring (bicyclic) bond motifs is 1. The van der Waals surface area contributed by atoms with E-state index in [1.54, 1.807) is 18.2 Å². The van der Waals surface area contributed by atoms with E-state index in [2.05, 4.69) is 10.3 Å². The van der Waals surface area contributed by atoms with E-state index in [4.69, 9.17) is 16.0 Å². The van der Waals surface area contributed by atoms with Gasteiger partial charge in [0.2, 0.25) is 5.89 Å². The van der Waals surface area contributed by atoms with Gasteiger partial charge in [0.05, 0.1) is 15.5 Å². The molecular formula is C22H16ClN3O4. The molecule has 3 aromatic carbocycles. The number of oxazole rings is 1. The van der Waals surface area contributed by atoms with Crippen LogP contribution in [0.2, 0.25) is 5.02 Å². The van der Waals surface area contributed by atoms with E-state index in [1.165, 1.54) is 24.3 Å². The molecule has 8 heteroatoms. The summed E-state index contributed by atoms with van der Waals surface area (Å²) in [7, 11) is 0. The van der Waals surface area contributed by atoms with Crippen molar-refractivity contribution < 1.29 is 14.1 Å². The average Bonchev–Trinajstić information content (AvgIpc) is 3.13. The van der Waals surface area contributed by atoms with Crippen molar-refractivity contribution in [3.63, 3.8) is 0 Å². The lowest BCUT2D eigenvalue weighted by Crippen LogP contribution is -2.11. The summed E-state index contributed by atoms with van der Waals surface area (Å²) in [6.45, 7) is 3.94. The van der Waals surface area contributed by atoms with E-state index < -0.39 is 10.8 Å². The summed E-state index contributed by atoms with van der Waals surface area (Å²) in [6, 6.07) is 14.3. The predicted octanol–water partition coefficient (Wildman–Crippen LogP) is 5.93. The van der Waals surface area contributed by atoms with Gasteiger partial charge in [-0.2, -0.15) is 0 Å². The molecule has 4 rings (SSSR count). The smallest absolute Gasteiger partial charge is 0.269 e. The minimum Gasteiger partial charge on any atom is -0.436 e. The van der Waals surface area contributed by atoms with Crippen molar-refractivity contribution >= 4 is 40.0 Å². The molecule has 1 amide bonds. The number of amides is 1. The van der Waals surface area contributed by atoms with Crippen molar-refractivity contribution in [2.45, 2.75) is 13.8 Å². The van der Waals surface area contributed by atoms with Crippen molar-refractivity contribution in [3.05, 3.63) is 86.4 Å². The fourth-order valence-electron chi connectivity index (χ4n) is 3.20. The highest BCUT2D eigenvalue weighted by Crippen LogP contribution is 2.33. The Labute approximate surface area is 176 Å². The molecule has 150 valence electrons. The number of aryl methyl sites for hydroxylation is 2. The molecule has 30 heavy (non-hydrogen) atoms. The van der Waals surface area contributed by atoms with Crippen molar-refractivity contribution in [1.29, 1.82) is 0 Å². The second kappa shape index (κ2) is 7.61. The SMILES string of the molecule is Cc1cc(C)c2oc(-c3cc(NC(=O)c4ccc([N+](=O)[O-])cc4)ccc3Cl)nc2c1. The molecule has 0 radical (unpaired) electrons. The summed E-state index contributed by atoms with van der Waals surface area (Å²) in [6.07, 6.45) is 0. The maximum absolute atomic E-state index is 12.5. The number of non-ortho nitro benzene ring substituents is 1. The van der Waals surface area contributed by atoms with E-state index in [0.29, 0.717) is 33.3 Å². The van der Waals surface area contributed by atoms with Gasteiger partial charge in [-0.25, -0.2) is 4.98 Å². The molecule has 1 heterocycles. The van der Waals surface area contributed by atoms with Crippen LogP contribution in [0.4, 0.5) is 11.4 Å². The largest absolute Gasteiger partial charge is 0.436 e. The molecule has 0 saturated heterocycles. The van der Waals surface area contributed by atoms with Gasteiger partial charge >= 0.3 is 0 Å². The van der Waals surface area contributed by atoms with Crippen LogP contribution in [0.15, 0.2) is 59.0 Å². The summed E-state index contributed by atoms with van der Waals surface area (Å²) < 4.78 is 5.93. The summed E-state index contributed by atoms with van der Waals surface area (Å²) >= 11 is 6.35. The molecule has 1 aromatic heterocycles. The minimum absolute atomic E-state index is 0.0816. The number of nitro benzene ring substituents is 1. The van der Waals surface area contributed by atoms with Gasteiger partial charge < -0.3 is 9.73 Å². The summed E-state index contributed by atoms with van der Waals surface area (Å²) in [5, 5.41) is 14.0. The summed E-state index contributed by atoms with van der Waals surface area (Å²) in [5.41, 5.74) is 4.73. The van der Waals surface area contributed by atoms with Crippen molar-refractivity contribution in [1.82, 2.24) is 4.98 Å². The molecule has 0 saturated carbocycles. The second-order valence-electron chi connectivity index (χ2n) is 6.90. The summed E-state index contributed by atoms with van der Waals surface area (Å²) in [5.74, 6) is -0.0441. The van der Waals surface area contributed by atoms with E-state index in [0.717, 1.165) is 16.6 Å². The Bertz CT molecular complexity index is 1300. The molecule has 0 spiro atoms. The van der Waals surface area contributed by atoms with Gasteiger partial charge in [-0.15, -0.1) is 0 Å². The Morgan fingerprint density at radius 1 is 1.10 bits per heavy atom. The van der Waals surface area contributed by atoms with E-state index in [1.807, 2.05) is 26.0 Å². The zero-order chi connectivity index (χ0) is 21.4. The number of benzene rings is 3. The quantitative estimate of drug-likeness (QED) is 0.325. The minimum atomic E-state index is -0.517. The van der Waals surface area contributed by atoms with Crippen LogP contribution in [0, 0.1) is 24.0 Å². The van der Waals surface area contributed by atoms with Gasteiger partial charge in [0, 0.05) is 23.4 Å². The average molecular weight is 422 g/mol. The molecule has 1 N–H and O–H groups in total. The highest BCUT2D eigenvalue weighted by molar-refractivity contribution is 6.33. The fraction of sp³-hybridized carbons (Fsp3) is 0.0909. The predicted molar refractivity (Wildman–Crippen MR) is 115 cm³/mol. The van der Waals surface area contributed by atoms with Crippen LogP contribution >= 0.6 is 11.6 Å². The zero-order valence-electron chi connectivity index (χ0n) is 16.1. The first-order chi connectivity index (χ1) is 14.3. The van der Waals surface area contributed by atoms with Crippen LogP contribution in [-0.4, -0.2) is 15.8 Å². The Hall–Kier alpha value is -3.71. The number of hydrogen-bond donors (Lipinski definition) is 1. The molecule has 0 aliphatic carbocycles. The van der Waals surface area contributed by atoms with Gasteiger partial charge in [0.1, 0.15) is 5.52 Å². The molecule has 0 aliphatic heterocycles. The Balaban J connectivity index is 1.64. The third-order valence-electron chi connectivity index (χ3n) is 4.62. The van der Waals surface area contributed by atoms with Gasteiger partial charge in [-0.05, 0) is 61.4 Å². The number of carbonyl (C=O) groups is 1. The molecular weight excluding hydrogens is 406 g/mol. The lowest BCUT2D eigenvalue weighted by atomic mass is 10.1. The van der Waals surface area contributed by atoms with Crippen LogP contribution in [0.3, 0.4) is 0 Å². The first kappa shape index (κ1) is 19.6. The number of hydrogen-bond acceptors (Lipinski definition) is 5.